The highest BCUT2D eigenvalue weighted by molar-refractivity contribution is 6.00. The number of fused-ring (bicyclic) bond motifs is 1. The number of hydrogen-bond donors (Lipinski definition) is 2. The fraction of sp³-hybridized carbons (Fsp3) is 0.333. The fourth-order valence-electron chi connectivity index (χ4n) is 4.36. The number of nitrogens with zero attached hydrogens (tertiary/aromatic N) is 2. The molecule has 1 fully saturated rings. The first-order valence-electron chi connectivity index (χ1n) is 10.7. The van der Waals surface area contributed by atoms with Crippen LogP contribution in [0.2, 0.25) is 0 Å². The number of amides is 2. The Labute approximate surface area is 184 Å². The van der Waals surface area contributed by atoms with Gasteiger partial charge in [-0.3, -0.25) is 28.8 Å². The first-order valence-corrected chi connectivity index (χ1v) is 10.7. The molecule has 2 aromatic carbocycles. The van der Waals surface area contributed by atoms with Gasteiger partial charge in [0.15, 0.2) is 0 Å². The van der Waals surface area contributed by atoms with Gasteiger partial charge in [0, 0.05) is 19.9 Å². The molecule has 2 heterocycles. The zero-order valence-electron chi connectivity index (χ0n) is 17.8. The van der Waals surface area contributed by atoms with Gasteiger partial charge in [0.25, 0.3) is 0 Å². The van der Waals surface area contributed by atoms with Crippen molar-refractivity contribution >= 4 is 28.8 Å². The minimum Gasteiger partial charge on any atom is -0.481 e. The summed E-state index contributed by atoms with van der Waals surface area (Å²) in [5.74, 6) is -1.57. The quantitative estimate of drug-likeness (QED) is 0.553. The summed E-state index contributed by atoms with van der Waals surface area (Å²) >= 11 is 0. The van der Waals surface area contributed by atoms with Gasteiger partial charge in [-0.2, -0.15) is 0 Å². The molecular weight excluding hydrogens is 410 g/mol. The molecule has 2 N–H and O–H groups in total. The van der Waals surface area contributed by atoms with E-state index in [9.17, 15) is 19.2 Å². The molecule has 8 nitrogen and oxygen atoms in total. The van der Waals surface area contributed by atoms with Crippen molar-refractivity contribution in [1.82, 2.24) is 14.5 Å². The molecule has 4 rings (SSSR count). The number of piperidine rings is 1. The van der Waals surface area contributed by atoms with Crippen LogP contribution in [-0.2, 0) is 40.7 Å². The van der Waals surface area contributed by atoms with Gasteiger partial charge in [0.2, 0.25) is 11.8 Å². The Balaban J connectivity index is 1.59. The molecule has 0 saturated carbocycles. The van der Waals surface area contributed by atoms with Gasteiger partial charge in [-0.15, -0.1) is 0 Å². The highest BCUT2D eigenvalue weighted by atomic mass is 16.4. The molecule has 1 atom stereocenters. The average molecular weight is 435 g/mol. The number of carbonyl (C=O) groups is 3. The van der Waals surface area contributed by atoms with Crippen LogP contribution in [-0.4, -0.2) is 32.0 Å². The predicted molar refractivity (Wildman–Crippen MR) is 118 cm³/mol. The van der Waals surface area contributed by atoms with E-state index in [0.717, 1.165) is 35.0 Å². The second-order valence-corrected chi connectivity index (χ2v) is 8.16. The maximum absolute atomic E-state index is 12.9. The van der Waals surface area contributed by atoms with Crippen molar-refractivity contribution in [3.05, 3.63) is 69.6 Å². The molecule has 166 valence electrons. The van der Waals surface area contributed by atoms with E-state index in [1.165, 1.54) is 9.13 Å². The molecule has 1 aliphatic heterocycles. The van der Waals surface area contributed by atoms with Crippen LogP contribution in [0.3, 0.4) is 0 Å². The summed E-state index contributed by atoms with van der Waals surface area (Å²) in [7, 11) is 1.68. The maximum Gasteiger partial charge on any atom is 0.329 e. The molecule has 1 saturated heterocycles. The number of carbonyl (C=O) groups excluding carboxylic acids is 2. The van der Waals surface area contributed by atoms with Gasteiger partial charge in [0.05, 0.1) is 11.0 Å². The van der Waals surface area contributed by atoms with Gasteiger partial charge in [-0.25, -0.2) is 4.79 Å². The Morgan fingerprint density at radius 3 is 2.44 bits per heavy atom. The van der Waals surface area contributed by atoms with Crippen LogP contribution in [0.1, 0.15) is 42.0 Å². The number of hydrogen-bond acceptors (Lipinski definition) is 4. The number of rotatable bonds is 7. The molecule has 0 bridgehead atoms. The van der Waals surface area contributed by atoms with Gasteiger partial charge in [-0.1, -0.05) is 30.3 Å². The molecule has 0 radical (unpaired) electrons. The Morgan fingerprint density at radius 2 is 1.75 bits per heavy atom. The lowest BCUT2D eigenvalue weighted by molar-refractivity contribution is -0.137. The molecule has 32 heavy (non-hydrogen) atoms. The smallest absolute Gasteiger partial charge is 0.329 e. The van der Waals surface area contributed by atoms with Crippen molar-refractivity contribution in [2.45, 2.75) is 44.6 Å². The molecule has 3 aromatic rings. The second-order valence-electron chi connectivity index (χ2n) is 8.16. The Bertz CT molecular complexity index is 1270. The number of aryl methyl sites for hydroxylation is 4. The number of benzene rings is 2. The van der Waals surface area contributed by atoms with Crippen LogP contribution in [0.25, 0.3) is 11.0 Å². The van der Waals surface area contributed by atoms with E-state index in [4.69, 9.17) is 5.11 Å². The number of aromatic nitrogens is 2. The Hall–Kier alpha value is -3.68. The van der Waals surface area contributed by atoms with Gasteiger partial charge < -0.3 is 5.11 Å². The van der Waals surface area contributed by atoms with Crippen LogP contribution in [0.4, 0.5) is 0 Å². The highest BCUT2D eigenvalue weighted by Crippen LogP contribution is 2.24. The second kappa shape index (κ2) is 8.82. The minimum atomic E-state index is -0.813. The van der Waals surface area contributed by atoms with Crippen LogP contribution in [0.5, 0.6) is 0 Å². The minimum absolute atomic E-state index is 0.0962. The normalized spacial score (nSPS) is 16.3. The summed E-state index contributed by atoms with van der Waals surface area (Å²) in [4.78, 5) is 47.6. The lowest BCUT2D eigenvalue weighted by atomic mass is 9.97. The van der Waals surface area contributed by atoms with E-state index >= 15 is 0 Å². The SMILES string of the molecule is Cn1c(=O)n(C2CCC(=O)NC2=O)c2ccc(CCc3ccccc3CCC(=O)O)cc21. The Kier molecular flexibility index (Phi) is 5.94. The van der Waals surface area contributed by atoms with Crippen molar-refractivity contribution in [2.24, 2.45) is 7.05 Å². The van der Waals surface area contributed by atoms with Gasteiger partial charge >= 0.3 is 11.7 Å². The first kappa shape index (κ1) is 21.5. The average Bonchev–Trinajstić information content (AvgIpc) is 3.01. The molecule has 2 amide bonds. The zero-order valence-corrected chi connectivity index (χ0v) is 17.8. The molecule has 0 spiro atoms. The first-order chi connectivity index (χ1) is 15.3. The lowest BCUT2D eigenvalue weighted by Gasteiger charge is -2.21. The van der Waals surface area contributed by atoms with Crippen LogP contribution < -0.4 is 11.0 Å². The summed E-state index contributed by atoms with van der Waals surface area (Å²) in [6, 6.07) is 12.9. The van der Waals surface area contributed by atoms with E-state index < -0.39 is 17.9 Å². The number of imide groups is 1. The number of imidazole rings is 1. The van der Waals surface area contributed by atoms with Crippen molar-refractivity contribution in [2.75, 3.05) is 0 Å². The number of carboxylic acid groups (broad SMARTS) is 1. The van der Waals surface area contributed by atoms with Crippen molar-refractivity contribution in [1.29, 1.82) is 0 Å². The summed E-state index contributed by atoms with van der Waals surface area (Å²) < 4.78 is 3.01. The zero-order chi connectivity index (χ0) is 22.8. The fourth-order valence-corrected chi connectivity index (χ4v) is 4.36. The highest BCUT2D eigenvalue weighted by Gasteiger charge is 2.31. The predicted octanol–water partition coefficient (Wildman–Crippen LogP) is 2.12. The van der Waals surface area contributed by atoms with Crippen LogP contribution in [0, 0.1) is 0 Å². The van der Waals surface area contributed by atoms with E-state index in [-0.39, 0.29) is 24.4 Å². The lowest BCUT2D eigenvalue weighted by Crippen LogP contribution is -2.44. The van der Waals surface area contributed by atoms with Crippen molar-refractivity contribution in [3.8, 4) is 0 Å². The van der Waals surface area contributed by atoms with E-state index in [2.05, 4.69) is 5.32 Å². The molecule has 1 unspecified atom stereocenters. The maximum atomic E-state index is 12.9. The third-order valence-electron chi connectivity index (χ3n) is 6.09. The molecule has 8 heteroatoms. The summed E-state index contributed by atoms with van der Waals surface area (Å²) in [5.41, 5.74) is 4.30. The summed E-state index contributed by atoms with van der Waals surface area (Å²) in [6.07, 6.45) is 2.59. The summed E-state index contributed by atoms with van der Waals surface area (Å²) in [6.45, 7) is 0. The Morgan fingerprint density at radius 1 is 1.03 bits per heavy atom. The van der Waals surface area contributed by atoms with Crippen molar-refractivity contribution in [3.63, 3.8) is 0 Å². The molecule has 1 aromatic heterocycles. The van der Waals surface area contributed by atoms with Crippen LogP contribution >= 0.6 is 0 Å². The third-order valence-corrected chi connectivity index (χ3v) is 6.09. The number of carboxylic acids is 1. The largest absolute Gasteiger partial charge is 0.481 e. The third kappa shape index (κ3) is 4.21. The van der Waals surface area contributed by atoms with Crippen molar-refractivity contribution < 1.29 is 19.5 Å². The monoisotopic (exact) mass is 435 g/mol. The molecule has 1 aliphatic rings. The van der Waals surface area contributed by atoms with Gasteiger partial charge in [0.1, 0.15) is 6.04 Å². The van der Waals surface area contributed by atoms with Gasteiger partial charge in [-0.05, 0) is 54.5 Å². The molecular formula is C24H25N3O5. The number of nitrogens with one attached hydrogen (secondary N) is 1. The summed E-state index contributed by atoms with van der Waals surface area (Å²) in [5, 5.41) is 11.3. The molecule has 0 aliphatic carbocycles. The van der Waals surface area contributed by atoms with Crippen LogP contribution in [0.15, 0.2) is 47.3 Å². The standard InChI is InChI=1S/C24H25N3O5/c1-26-20-14-15(6-8-16-4-2-3-5-17(16)9-13-22(29)30)7-10-18(20)27(24(26)32)19-11-12-21(28)25-23(19)31/h2-5,7,10,14,19H,6,8-9,11-13H2,1H3,(H,29,30)(H,25,28,31). The van der Waals surface area contributed by atoms with E-state index in [0.29, 0.717) is 18.4 Å². The van der Waals surface area contributed by atoms with E-state index in [1.54, 1.807) is 7.05 Å². The van der Waals surface area contributed by atoms with E-state index in [1.807, 2.05) is 42.5 Å². The topological polar surface area (TPSA) is 110 Å². The number of aliphatic carboxylic acids is 1.